The zero-order valence-corrected chi connectivity index (χ0v) is 18.8. The first-order valence-electron chi connectivity index (χ1n) is 9.81. The van der Waals surface area contributed by atoms with Crippen molar-refractivity contribution in [3.63, 3.8) is 0 Å². The molecule has 0 radical (unpaired) electrons. The number of fused-ring (bicyclic) bond motifs is 1. The topological polar surface area (TPSA) is 73.2 Å². The number of hydrogen-bond donors (Lipinski definition) is 1. The van der Waals surface area contributed by atoms with Crippen LogP contribution >= 0.6 is 23.2 Å². The number of hydrogen-bond acceptors (Lipinski definition) is 5. The number of benzene rings is 2. The van der Waals surface area contributed by atoms with E-state index in [4.69, 9.17) is 27.9 Å². The monoisotopic (exact) mass is 457 g/mol. The molecule has 0 saturated heterocycles. The molecule has 0 amide bonds. The minimum atomic E-state index is -0.413. The van der Waals surface area contributed by atoms with E-state index in [1.807, 2.05) is 24.3 Å². The number of ether oxygens (including phenoxy) is 1. The molecule has 0 fully saturated rings. The number of aryl methyl sites for hydroxylation is 1. The van der Waals surface area contributed by atoms with Crippen LogP contribution in [-0.2, 0) is 23.0 Å². The van der Waals surface area contributed by atoms with E-state index in [0.29, 0.717) is 39.2 Å². The van der Waals surface area contributed by atoms with Crippen molar-refractivity contribution in [3.05, 3.63) is 79.7 Å². The van der Waals surface area contributed by atoms with Gasteiger partial charge in [-0.25, -0.2) is 4.98 Å². The summed E-state index contributed by atoms with van der Waals surface area (Å²) in [5, 5.41) is 4.22. The predicted molar refractivity (Wildman–Crippen MR) is 122 cm³/mol. The fourth-order valence-corrected chi connectivity index (χ4v) is 4.49. The summed E-state index contributed by atoms with van der Waals surface area (Å²) in [4.78, 5) is 29.6. The van der Waals surface area contributed by atoms with Gasteiger partial charge in [0.2, 0.25) is 0 Å². The van der Waals surface area contributed by atoms with Crippen LogP contribution in [-0.4, -0.2) is 21.6 Å². The molecular formula is C23H21Cl2N3O3. The summed E-state index contributed by atoms with van der Waals surface area (Å²) in [6, 6.07) is 12.6. The molecule has 4 rings (SSSR count). The van der Waals surface area contributed by atoms with Gasteiger partial charge < -0.3 is 10.1 Å². The lowest BCUT2D eigenvalue weighted by molar-refractivity contribution is -0.146. The van der Waals surface area contributed by atoms with Gasteiger partial charge in [-0.15, -0.1) is 0 Å². The van der Waals surface area contributed by atoms with Crippen LogP contribution in [0.2, 0.25) is 10.0 Å². The number of nitrogens with zero attached hydrogens (tertiary/aromatic N) is 2. The van der Waals surface area contributed by atoms with Gasteiger partial charge in [0.05, 0.1) is 16.8 Å². The number of rotatable bonds is 4. The lowest BCUT2D eigenvalue weighted by Gasteiger charge is -2.24. The maximum Gasteiger partial charge on any atom is 0.302 e. The van der Waals surface area contributed by atoms with Gasteiger partial charge in [0.25, 0.3) is 5.56 Å². The van der Waals surface area contributed by atoms with E-state index < -0.39 is 6.10 Å². The van der Waals surface area contributed by atoms with Crippen LogP contribution in [0.15, 0.2) is 47.3 Å². The molecule has 0 spiro atoms. The summed E-state index contributed by atoms with van der Waals surface area (Å²) in [6.45, 7) is 3.15. The van der Waals surface area contributed by atoms with Crippen molar-refractivity contribution < 1.29 is 9.53 Å². The van der Waals surface area contributed by atoms with Crippen LogP contribution in [0.4, 0.5) is 5.69 Å². The van der Waals surface area contributed by atoms with Gasteiger partial charge in [0.1, 0.15) is 17.6 Å². The normalized spacial score (nSPS) is 17.3. The third-order valence-corrected chi connectivity index (χ3v) is 5.99. The Hall–Kier alpha value is -2.83. The molecule has 0 aliphatic heterocycles. The number of carbonyl (C=O) groups is 1. The Kier molecular flexibility index (Phi) is 5.77. The molecule has 2 unspecified atom stereocenters. The van der Waals surface area contributed by atoms with Crippen molar-refractivity contribution in [2.45, 2.75) is 32.4 Å². The Balaban J connectivity index is 1.76. The quantitative estimate of drug-likeness (QED) is 0.574. The number of carbonyl (C=O) groups excluding carboxylic acids is 1. The molecule has 1 aromatic heterocycles. The zero-order valence-electron chi connectivity index (χ0n) is 17.3. The van der Waals surface area contributed by atoms with Gasteiger partial charge in [-0.3, -0.25) is 14.2 Å². The van der Waals surface area contributed by atoms with Crippen molar-refractivity contribution in [2.75, 3.05) is 5.32 Å². The number of anilines is 1. The highest BCUT2D eigenvalue weighted by atomic mass is 35.5. The zero-order chi connectivity index (χ0) is 22.3. The summed E-state index contributed by atoms with van der Waals surface area (Å²) in [5.41, 5.74) is 3.33. The molecule has 0 saturated carbocycles. The second kappa shape index (κ2) is 8.36. The van der Waals surface area contributed by atoms with Gasteiger partial charge in [0.15, 0.2) is 0 Å². The van der Waals surface area contributed by atoms with Crippen LogP contribution in [0.25, 0.3) is 11.4 Å². The molecule has 1 aliphatic rings. The largest absolute Gasteiger partial charge is 0.460 e. The van der Waals surface area contributed by atoms with E-state index >= 15 is 0 Å². The first kappa shape index (κ1) is 21.4. The third-order valence-electron chi connectivity index (χ3n) is 5.44. The number of esters is 1. The first-order valence-corrected chi connectivity index (χ1v) is 10.6. The summed E-state index contributed by atoms with van der Waals surface area (Å²) < 4.78 is 7.00. The predicted octanol–water partition coefficient (Wildman–Crippen LogP) is 4.70. The van der Waals surface area contributed by atoms with Crippen LogP contribution in [0.3, 0.4) is 0 Å². The van der Waals surface area contributed by atoms with Crippen LogP contribution in [0.1, 0.15) is 29.8 Å². The second-order valence-corrected chi connectivity index (χ2v) is 8.40. The van der Waals surface area contributed by atoms with Gasteiger partial charge in [-0.2, -0.15) is 0 Å². The van der Waals surface area contributed by atoms with E-state index in [0.717, 1.165) is 11.1 Å². The van der Waals surface area contributed by atoms with E-state index in [1.54, 1.807) is 32.2 Å². The smallest absolute Gasteiger partial charge is 0.302 e. The summed E-state index contributed by atoms with van der Waals surface area (Å²) in [5.74, 6) is 0.0816. The highest BCUT2D eigenvalue weighted by molar-refractivity contribution is 6.36. The minimum Gasteiger partial charge on any atom is -0.460 e. The summed E-state index contributed by atoms with van der Waals surface area (Å²) >= 11 is 12.3. The van der Waals surface area contributed by atoms with Gasteiger partial charge in [0, 0.05) is 31.0 Å². The lowest BCUT2D eigenvalue weighted by atomic mass is 10.1. The summed E-state index contributed by atoms with van der Waals surface area (Å²) in [7, 11) is 1.65. The third kappa shape index (κ3) is 4.05. The molecule has 8 heteroatoms. The average molecular weight is 458 g/mol. The molecule has 1 heterocycles. The van der Waals surface area contributed by atoms with E-state index in [1.165, 1.54) is 11.5 Å². The van der Waals surface area contributed by atoms with Crippen molar-refractivity contribution in [1.29, 1.82) is 0 Å². The van der Waals surface area contributed by atoms with Crippen molar-refractivity contribution in [3.8, 4) is 11.4 Å². The molecule has 2 aromatic carbocycles. The molecule has 0 bridgehead atoms. The number of nitrogens with one attached hydrogen (secondary N) is 1. The van der Waals surface area contributed by atoms with Crippen molar-refractivity contribution >= 4 is 34.9 Å². The SMILES string of the molecule is CC(=O)OC1Cc2ccccc2C1Nc1c(C)nc(-c2ccc(Cl)cc2Cl)n(C)c1=O. The maximum absolute atomic E-state index is 13.3. The molecule has 1 N–H and O–H groups in total. The Labute approximate surface area is 189 Å². The Morgan fingerprint density at radius 1 is 1.23 bits per heavy atom. The molecule has 1 aliphatic carbocycles. The fraction of sp³-hybridized carbons (Fsp3) is 0.261. The van der Waals surface area contributed by atoms with E-state index in [2.05, 4.69) is 10.3 Å². The standard InChI is InChI=1S/C23H21Cl2N3O3/c1-12-20(23(30)28(3)22(26-12)17-9-8-15(24)11-18(17)25)27-21-16-7-5-4-6-14(16)10-19(21)31-13(2)29/h4-9,11,19,21,27H,10H2,1-3H3. The number of halogens is 2. The van der Waals surface area contributed by atoms with Crippen LogP contribution < -0.4 is 10.9 Å². The number of aromatic nitrogens is 2. The molecule has 6 nitrogen and oxygen atoms in total. The van der Waals surface area contributed by atoms with Crippen LogP contribution in [0.5, 0.6) is 0 Å². The highest BCUT2D eigenvalue weighted by Gasteiger charge is 2.35. The van der Waals surface area contributed by atoms with Crippen LogP contribution in [0, 0.1) is 6.92 Å². The lowest BCUT2D eigenvalue weighted by Crippen LogP contribution is -2.31. The van der Waals surface area contributed by atoms with Crippen molar-refractivity contribution in [1.82, 2.24) is 9.55 Å². The average Bonchev–Trinajstić information content (AvgIpc) is 3.04. The maximum atomic E-state index is 13.3. The molecule has 31 heavy (non-hydrogen) atoms. The Bertz CT molecular complexity index is 1240. The molecular weight excluding hydrogens is 437 g/mol. The van der Waals surface area contributed by atoms with E-state index in [-0.39, 0.29) is 17.6 Å². The molecule has 160 valence electrons. The van der Waals surface area contributed by atoms with Crippen molar-refractivity contribution in [2.24, 2.45) is 7.05 Å². The molecule has 2 atom stereocenters. The fourth-order valence-electron chi connectivity index (χ4n) is 3.99. The molecule has 3 aromatic rings. The Morgan fingerprint density at radius 2 is 1.97 bits per heavy atom. The second-order valence-electron chi connectivity index (χ2n) is 7.56. The first-order chi connectivity index (χ1) is 14.8. The van der Waals surface area contributed by atoms with Gasteiger partial charge in [-0.1, -0.05) is 47.5 Å². The summed E-state index contributed by atoms with van der Waals surface area (Å²) in [6.07, 6.45) is 0.169. The van der Waals surface area contributed by atoms with Gasteiger partial charge in [-0.05, 0) is 36.2 Å². The minimum absolute atomic E-state index is 0.250. The Morgan fingerprint density at radius 3 is 2.68 bits per heavy atom. The highest BCUT2D eigenvalue weighted by Crippen LogP contribution is 2.36. The van der Waals surface area contributed by atoms with Gasteiger partial charge >= 0.3 is 5.97 Å². The van der Waals surface area contributed by atoms with E-state index in [9.17, 15) is 9.59 Å².